The molecule has 1 aliphatic carbocycles. The lowest BCUT2D eigenvalue weighted by atomic mass is 9.98. The molecule has 0 aliphatic heterocycles. The molecule has 1 aromatic heterocycles. The Morgan fingerprint density at radius 2 is 2.06 bits per heavy atom. The van der Waals surface area contributed by atoms with Gasteiger partial charge in [0.25, 0.3) is 0 Å². The van der Waals surface area contributed by atoms with Gasteiger partial charge >= 0.3 is 0 Å². The zero-order valence-corrected chi connectivity index (χ0v) is 10.5. The number of rotatable bonds is 4. The van der Waals surface area contributed by atoms with E-state index in [1.54, 1.807) is 0 Å². The molecular formula is C15H19NO2. The second kappa shape index (κ2) is 5.11. The van der Waals surface area contributed by atoms with Crippen LogP contribution in [0.25, 0.3) is 11.1 Å². The average Bonchev–Trinajstić information content (AvgIpc) is 2.96. The van der Waals surface area contributed by atoms with Crippen LogP contribution >= 0.6 is 0 Å². The predicted octanol–water partition coefficient (Wildman–Crippen LogP) is 3.31. The summed E-state index contributed by atoms with van der Waals surface area (Å²) < 4.78 is 5.63. The molecule has 0 radical (unpaired) electrons. The van der Waals surface area contributed by atoms with Crippen molar-refractivity contribution in [3.05, 3.63) is 30.2 Å². The Labute approximate surface area is 107 Å². The van der Waals surface area contributed by atoms with Crippen LogP contribution in [0.1, 0.15) is 38.0 Å². The maximum absolute atomic E-state index is 10.1. The van der Waals surface area contributed by atoms with Crippen molar-refractivity contribution in [3.63, 3.8) is 0 Å². The highest BCUT2D eigenvalue weighted by molar-refractivity contribution is 5.72. The first-order valence-corrected chi connectivity index (χ1v) is 6.84. The fourth-order valence-corrected chi connectivity index (χ4v) is 2.92. The van der Waals surface area contributed by atoms with Gasteiger partial charge in [0, 0.05) is 0 Å². The summed E-state index contributed by atoms with van der Waals surface area (Å²) in [6.07, 6.45) is 6.28. The monoisotopic (exact) mass is 245 g/mol. The highest BCUT2D eigenvalue weighted by atomic mass is 16.4. The number of oxazole rings is 1. The van der Waals surface area contributed by atoms with Gasteiger partial charge in [0.15, 0.2) is 11.5 Å². The molecule has 0 bridgehead atoms. The van der Waals surface area contributed by atoms with Gasteiger partial charge in [-0.05, 0) is 24.5 Å². The van der Waals surface area contributed by atoms with Gasteiger partial charge in [-0.15, -0.1) is 0 Å². The number of para-hydroxylation sites is 2. The minimum Gasteiger partial charge on any atom is -0.441 e. The van der Waals surface area contributed by atoms with Crippen LogP contribution in [-0.4, -0.2) is 16.2 Å². The minimum atomic E-state index is -0.318. The minimum absolute atomic E-state index is 0.318. The summed E-state index contributed by atoms with van der Waals surface area (Å²) in [4.78, 5) is 4.40. The molecule has 3 rings (SSSR count). The Hall–Kier alpha value is -1.35. The highest BCUT2D eigenvalue weighted by Crippen LogP contribution is 2.29. The normalized spacial score (nSPS) is 18.5. The zero-order chi connectivity index (χ0) is 12.4. The Balaban J connectivity index is 1.64. The van der Waals surface area contributed by atoms with Crippen LogP contribution in [0.15, 0.2) is 28.7 Å². The maximum atomic E-state index is 10.1. The first kappa shape index (κ1) is 11.7. The summed E-state index contributed by atoms with van der Waals surface area (Å²) in [6, 6.07) is 7.73. The molecule has 1 N–H and O–H groups in total. The van der Waals surface area contributed by atoms with Crippen molar-refractivity contribution < 1.29 is 9.52 Å². The molecule has 1 unspecified atom stereocenters. The second-order valence-electron chi connectivity index (χ2n) is 5.32. The van der Waals surface area contributed by atoms with Crippen molar-refractivity contribution in [2.24, 2.45) is 5.92 Å². The van der Waals surface area contributed by atoms with Crippen molar-refractivity contribution in [2.45, 2.75) is 44.6 Å². The lowest BCUT2D eigenvalue weighted by Crippen LogP contribution is -2.14. The molecule has 1 aromatic carbocycles. The fourth-order valence-electron chi connectivity index (χ4n) is 2.92. The molecular weight excluding hydrogens is 226 g/mol. The van der Waals surface area contributed by atoms with Crippen LogP contribution in [0.3, 0.4) is 0 Å². The summed E-state index contributed by atoms with van der Waals surface area (Å²) in [5, 5.41) is 10.1. The van der Waals surface area contributed by atoms with E-state index >= 15 is 0 Å². The van der Waals surface area contributed by atoms with E-state index in [2.05, 4.69) is 4.98 Å². The van der Waals surface area contributed by atoms with Gasteiger partial charge in [0.05, 0.1) is 12.5 Å². The molecule has 3 nitrogen and oxygen atoms in total. The van der Waals surface area contributed by atoms with E-state index in [1.807, 2.05) is 24.3 Å². The molecule has 1 fully saturated rings. The molecule has 1 aliphatic rings. The maximum Gasteiger partial charge on any atom is 0.198 e. The van der Waals surface area contributed by atoms with Crippen molar-refractivity contribution in [1.29, 1.82) is 0 Å². The molecule has 0 amide bonds. The quantitative estimate of drug-likeness (QED) is 0.898. The molecule has 1 saturated carbocycles. The molecule has 1 heterocycles. The third kappa shape index (κ3) is 2.56. The van der Waals surface area contributed by atoms with E-state index in [0.717, 1.165) is 17.5 Å². The van der Waals surface area contributed by atoms with Crippen molar-refractivity contribution in [1.82, 2.24) is 4.98 Å². The SMILES string of the molecule is OC(Cc1nc2ccccc2o1)CC1CCCC1. The summed E-state index contributed by atoms with van der Waals surface area (Å²) in [7, 11) is 0. The lowest BCUT2D eigenvalue weighted by Gasteiger charge is -2.13. The van der Waals surface area contributed by atoms with Crippen LogP contribution in [-0.2, 0) is 6.42 Å². The van der Waals surface area contributed by atoms with Gasteiger partial charge in [-0.25, -0.2) is 4.98 Å². The van der Waals surface area contributed by atoms with E-state index in [0.29, 0.717) is 18.2 Å². The first-order valence-electron chi connectivity index (χ1n) is 6.84. The number of nitrogens with zero attached hydrogens (tertiary/aromatic N) is 1. The van der Waals surface area contributed by atoms with Gasteiger partial charge in [-0.2, -0.15) is 0 Å². The van der Waals surface area contributed by atoms with Gasteiger partial charge in [0.2, 0.25) is 0 Å². The van der Waals surface area contributed by atoms with Crippen LogP contribution < -0.4 is 0 Å². The van der Waals surface area contributed by atoms with Gasteiger partial charge in [-0.3, -0.25) is 0 Å². The van der Waals surface area contributed by atoms with Crippen LogP contribution in [0, 0.1) is 5.92 Å². The Morgan fingerprint density at radius 3 is 2.83 bits per heavy atom. The van der Waals surface area contributed by atoms with Crippen molar-refractivity contribution >= 4 is 11.1 Å². The highest BCUT2D eigenvalue weighted by Gasteiger charge is 2.20. The van der Waals surface area contributed by atoms with E-state index in [1.165, 1.54) is 25.7 Å². The van der Waals surface area contributed by atoms with E-state index in [4.69, 9.17) is 4.42 Å². The summed E-state index contributed by atoms with van der Waals surface area (Å²) in [6.45, 7) is 0. The number of fused-ring (bicyclic) bond motifs is 1. The average molecular weight is 245 g/mol. The van der Waals surface area contributed by atoms with E-state index < -0.39 is 0 Å². The Kier molecular flexibility index (Phi) is 3.33. The van der Waals surface area contributed by atoms with E-state index in [9.17, 15) is 5.11 Å². The molecule has 0 saturated heterocycles. The van der Waals surface area contributed by atoms with Crippen LogP contribution in [0.4, 0.5) is 0 Å². The molecule has 1 atom stereocenters. The largest absolute Gasteiger partial charge is 0.441 e. The lowest BCUT2D eigenvalue weighted by molar-refractivity contribution is 0.136. The number of aromatic nitrogens is 1. The Bertz CT molecular complexity index is 481. The third-order valence-corrected chi connectivity index (χ3v) is 3.83. The topological polar surface area (TPSA) is 46.3 Å². The third-order valence-electron chi connectivity index (χ3n) is 3.83. The van der Waals surface area contributed by atoms with Gasteiger partial charge < -0.3 is 9.52 Å². The van der Waals surface area contributed by atoms with Crippen LogP contribution in [0.5, 0.6) is 0 Å². The number of aliphatic hydroxyl groups is 1. The fraction of sp³-hybridized carbons (Fsp3) is 0.533. The zero-order valence-electron chi connectivity index (χ0n) is 10.5. The van der Waals surface area contributed by atoms with Crippen molar-refractivity contribution in [2.75, 3.05) is 0 Å². The molecule has 3 heteroatoms. The summed E-state index contributed by atoms with van der Waals surface area (Å²) in [5.74, 6) is 1.35. The molecule has 18 heavy (non-hydrogen) atoms. The second-order valence-corrected chi connectivity index (χ2v) is 5.32. The predicted molar refractivity (Wildman–Crippen MR) is 70.3 cm³/mol. The summed E-state index contributed by atoms with van der Waals surface area (Å²) in [5.41, 5.74) is 1.68. The molecule has 96 valence electrons. The van der Waals surface area contributed by atoms with Gasteiger partial charge in [-0.1, -0.05) is 37.8 Å². The first-order chi connectivity index (χ1) is 8.81. The number of hydrogen-bond donors (Lipinski definition) is 1. The van der Waals surface area contributed by atoms with Gasteiger partial charge in [0.1, 0.15) is 5.52 Å². The van der Waals surface area contributed by atoms with E-state index in [-0.39, 0.29) is 6.10 Å². The van der Waals surface area contributed by atoms with Crippen LogP contribution in [0.2, 0.25) is 0 Å². The molecule has 0 spiro atoms. The smallest absolute Gasteiger partial charge is 0.198 e. The number of benzene rings is 1. The number of hydrogen-bond acceptors (Lipinski definition) is 3. The van der Waals surface area contributed by atoms with Crippen molar-refractivity contribution in [3.8, 4) is 0 Å². The summed E-state index contributed by atoms with van der Waals surface area (Å²) >= 11 is 0. The Morgan fingerprint density at radius 1 is 1.28 bits per heavy atom. The molecule has 2 aromatic rings. The standard InChI is InChI=1S/C15H19NO2/c17-12(9-11-5-1-2-6-11)10-15-16-13-7-3-4-8-14(13)18-15/h3-4,7-8,11-12,17H,1-2,5-6,9-10H2. The number of aliphatic hydroxyl groups excluding tert-OH is 1.